The number of allylic oxidation sites excluding steroid dienone is 10. The van der Waals surface area contributed by atoms with Gasteiger partial charge in [-0.05, 0) is 64.2 Å². The lowest BCUT2D eigenvalue weighted by Crippen LogP contribution is -2.30. The molecular formula is C58H102O6. The molecule has 6 nitrogen and oxygen atoms in total. The topological polar surface area (TPSA) is 78.9 Å². The van der Waals surface area contributed by atoms with Crippen LogP contribution < -0.4 is 0 Å². The zero-order chi connectivity index (χ0) is 46.5. The van der Waals surface area contributed by atoms with Crippen LogP contribution in [0, 0.1) is 0 Å². The maximum absolute atomic E-state index is 12.8. The van der Waals surface area contributed by atoms with Crippen molar-refractivity contribution in [2.24, 2.45) is 0 Å². The Bertz CT molecular complexity index is 1170. The van der Waals surface area contributed by atoms with Gasteiger partial charge in [-0.2, -0.15) is 0 Å². The van der Waals surface area contributed by atoms with Gasteiger partial charge in [0.25, 0.3) is 0 Å². The SMILES string of the molecule is CC/C=C\C/C=C\C/C=C\C/C=C\C/C=C\CCCCCCCCCC(=O)OCC(COC(=O)CCCCCCCCCCCCC)OC(=O)CCCCCCCCCCCCCC. The molecular weight excluding hydrogens is 793 g/mol. The molecule has 0 heterocycles. The Labute approximate surface area is 396 Å². The molecule has 0 fully saturated rings. The van der Waals surface area contributed by atoms with Crippen LogP contribution in [0.5, 0.6) is 0 Å². The van der Waals surface area contributed by atoms with Gasteiger partial charge in [-0.1, -0.05) is 248 Å². The summed E-state index contributed by atoms with van der Waals surface area (Å²) < 4.78 is 16.8. The van der Waals surface area contributed by atoms with E-state index in [0.29, 0.717) is 19.3 Å². The van der Waals surface area contributed by atoms with E-state index in [1.807, 2.05) is 0 Å². The van der Waals surface area contributed by atoms with Crippen molar-refractivity contribution in [1.82, 2.24) is 0 Å². The fourth-order valence-electron chi connectivity index (χ4n) is 7.70. The molecule has 6 heteroatoms. The molecule has 64 heavy (non-hydrogen) atoms. The van der Waals surface area contributed by atoms with E-state index in [-0.39, 0.29) is 31.1 Å². The molecule has 0 saturated carbocycles. The van der Waals surface area contributed by atoms with Crippen molar-refractivity contribution >= 4 is 17.9 Å². The molecule has 0 aromatic heterocycles. The highest BCUT2D eigenvalue weighted by molar-refractivity contribution is 5.71. The van der Waals surface area contributed by atoms with Gasteiger partial charge in [-0.3, -0.25) is 14.4 Å². The number of carbonyl (C=O) groups excluding carboxylic acids is 3. The summed E-state index contributed by atoms with van der Waals surface area (Å²) in [5.74, 6) is -0.878. The first-order valence-electron chi connectivity index (χ1n) is 27.3. The molecule has 0 aromatic rings. The fraction of sp³-hybridized carbons (Fsp3) is 0.776. The first kappa shape index (κ1) is 61.1. The molecule has 0 spiro atoms. The van der Waals surface area contributed by atoms with Crippen LogP contribution in [0.2, 0.25) is 0 Å². The number of carbonyl (C=O) groups is 3. The number of hydrogen-bond donors (Lipinski definition) is 0. The van der Waals surface area contributed by atoms with Gasteiger partial charge in [0.1, 0.15) is 13.2 Å². The van der Waals surface area contributed by atoms with Gasteiger partial charge in [-0.15, -0.1) is 0 Å². The molecule has 0 amide bonds. The largest absolute Gasteiger partial charge is 0.462 e. The van der Waals surface area contributed by atoms with Crippen LogP contribution in [0.25, 0.3) is 0 Å². The summed E-state index contributed by atoms with van der Waals surface area (Å²) in [6, 6.07) is 0. The van der Waals surface area contributed by atoms with E-state index in [0.717, 1.165) is 96.3 Å². The second-order valence-corrected chi connectivity index (χ2v) is 18.1. The average Bonchev–Trinajstić information content (AvgIpc) is 3.29. The van der Waals surface area contributed by atoms with Crippen LogP contribution in [0.4, 0.5) is 0 Å². The third-order valence-electron chi connectivity index (χ3n) is 11.8. The summed E-state index contributed by atoms with van der Waals surface area (Å²) in [7, 11) is 0. The van der Waals surface area contributed by atoms with Crippen LogP contribution >= 0.6 is 0 Å². The monoisotopic (exact) mass is 895 g/mol. The molecule has 0 radical (unpaired) electrons. The molecule has 370 valence electrons. The fourth-order valence-corrected chi connectivity index (χ4v) is 7.70. The molecule has 0 saturated heterocycles. The van der Waals surface area contributed by atoms with Crippen molar-refractivity contribution in [3.63, 3.8) is 0 Å². The van der Waals surface area contributed by atoms with E-state index >= 15 is 0 Å². The van der Waals surface area contributed by atoms with E-state index < -0.39 is 6.10 Å². The van der Waals surface area contributed by atoms with Crippen LogP contribution in [-0.4, -0.2) is 37.2 Å². The number of rotatable bonds is 49. The van der Waals surface area contributed by atoms with E-state index in [2.05, 4.69) is 81.5 Å². The Kier molecular flexibility index (Phi) is 50.4. The summed E-state index contributed by atoms with van der Waals surface area (Å²) >= 11 is 0. The highest BCUT2D eigenvalue weighted by Gasteiger charge is 2.19. The number of ether oxygens (including phenoxy) is 3. The van der Waals surface area contributed by atoms with Crippen molar-refractivity contribution in [3.8, 4) is 0 Å². The van der Waals surface area contributed by atoms with Gasteiger partial charge in [-0.25, -0.2) is 0 Å². The van der Waals surface area contributed by atoms with Crippen molar-refractivity contribution in [3.05, 3.63) is 60.8 Å². The quantitative estimate of drug-likeness (QED) is 0.0262. The predicted molar refractivity (Wildman–Crippen MR) is 275 cm³/mol. The van der Waals surface area contributed by atoms with Gasteiger partial charge in [0.2, 0.25) is 0 Å². The standard InChI is InChI=1S/C58H102O6/c1-4-7-10-13-16-19-22-24-25-26-27-28-29-30-31-32-33-34-37-39-42-45-48-51-57(60)63-54-55(53-62-56(59)50-47-44-41-38-35-21-18-15-12-9-6-3)64-58(61)52-49-46-43-40-36-23-20-17-14-11-8-5-2/h7,10,16,19,24-25,27-28,30-31,55H,4-6,8-9,11-15,17-18,20-23,26,29,32-54H2,1-3H3/b10-7-,19-16-,25-24-,28-27-,31-30-. The maximum Gasteiger partial charge on any atom is 0.306 e. The number of unbranched alkanes of at least 4 members (excludes halogenated alkanes) is 28. The maximum atomic E-state index is 12.8. The zero-order valence-corrected chi connectivity index (χ0v) is 42.3. The first-order valence-corrected chi connectivity index (χ1v) is 27.3. The Morgan fingerprint density at radius 1 is 0.328 bits per heavy atom. The Hall–Kier alpha value is -2.89. The minimum atomic E-state index is -0.773. The van der Waals surface area contributed by atoms with Gasteiger partial charge >= 0.3 is 17.9 Å². The average molecular weight is 895 g/mol. The highest BCUT2D eigenvalue weighted by atomic mass is 16.6. The van der Waals surface area contributed by atoms with E-state index in [9.17, 15) is 14.4 Å². The molecule has 0 aliphatic heterocycles. The molecule has 0 N–H and O–H groups in total. The third-order valence-corrected chi connectivity index (χ3v) is 11.8. The summed E-state index contributed by atoms with van der Waals surface area (Å²) in [5.41, 5.74) is 0. The van der Waals surface area contributed by atoms with Crippen molar-refractivity contribution < 1.29 is 28.6 Å². The lowest BCUT2D eigenvalue weighted by molar-refractivity contribution is -0.167. The molecule has 0 bridgehead atoms. The minimum Gasteiger partial charge on any atom is -0.462 e. The summed E-state index contributed by atoms with van der Waals surface area (Å²) in [6.45, 7) is 6.52. The van der Waals surface area contributed by atoms with Gasteiger partial charge in [0, 0.05) is 19.3 Å². The van der Waals surface area contributed by atoms with Gasteiger partial charge in [0.15, 0.2) is 6.10 Å². The Morgan fingerprint density at radius 2 is 0.609 bits per heavy atom. The minimum absolute atomic E-state index is 0.0740. The van der Waals surface area contributed by atoms with Crippen LogP contribution in [-0.2, 0) is 28.6 Å². The van der Waals surface area contributed by atoms with Crippen LogP contribution in [0.3, 0.4) is 0 Å². The van der Waals surface area contributed by atoms with Crippen molar-refractivity contribution in [2.75, 3.05) is 13.2 Å². The second-order valence-electron chi connectivity index (χ2n) is 18.1. The summed E-state index contributed by atoms with van der Waals surface area (Å²) in [6.07, 6.45) is 64.9. The molecule has 0 aliphatic carbocycles. The first-order chi connectivity index (χ1) is 31.5. The lowest BCUT2D eigenvalue weighted by Gasteiger charge is -2.18. The normalized spacial score (nSPS) is 12.5. The van der Waals surface area contributed by atoms with Crippen LogP contribution in [0.15, 0.2) is 60.8 Å². The molecule has 1 atom stereocenters. The van der Waals surface area contributed by atoms with Crippen LogP contribution in [0.1, 0.15) is 271 Å². The Morgan fingerprint density at radius 3 is 0.953 bits per heavy atom. The van der Waals surface area contributed by atoms with E-state index in [4.69, 9.17) is 14.2 Å². The number of hydrogen-bond acceptors (Lipinski definition) is 6. The molecule has 1 unspecified atom stereocenters. The van der Waals surface area contributed by atoms with Gasteiger partial charge < -0.3 is 14.2 Å². The highest BCUT2D eigenvalue weighted by Crippen LogP contribution is 2.16. The van der Waals surface area contributed by atoms with Gasteiger partial charge in [0.05, 0.1) is 0 Å². The number of esters is 3. The van der Waals surface area contributed by atoms with Crippen molar-refractivity contribution in [2.45, 2.75) is 277 Å². The third kappa shape index (κ3) is 50.1. The van der Waals surface area contributed by atoms with Crippen molar-refractivity contribution in [1.29, 1.82) is 0 Å². The summed E-state index contributed by atoms with van der Waals surface area (Å²) in [4.78, 5) is 38.0. The second kappa shape index (κ2) is 52.7. The lowest BCUT2D eigenvalue weighted by atomic mass is 10.0. The van der Waals surface area contributed by atoms with E-state index in [1.165, 1.54) is 135 Å². The zero-order valence-electron chi connectivity index (χ0n) is 42.3. The Balaban J connectivity index is 4.29. The predicted octanol–water partition coefficient (Wildman–Crippen LogP) is 18.0. The van der Waals surface area contributed by atoms with E-state index in [1.54, 1.807) is 0 Å². The smallest absolute Gasteiger partial charge is 0.306 e. The molecule has 0 aliphatic rings. The molecule has 0 aromatic carbocycles. The molecule has 0 rings (SSSR count). The summed E-state index contributed by atoms with van der Waals surface area (Å²) in [5, 5.41) is 0.